The van der Waals surface area contributed by atoms with Gasteiger partial charge in [-0.1, -0.05) is 127 Å². The number of fused-ring (bicyclic) bond motifs is 10. The monoisotopic (exact) mass is 2060 g/mol. The zero-order valence-corrected chi connectivity index (χ0v) is 85.8. The number of benzene rings is 11. The molecule has 9 heterocycles. The number of rotatable bonds is 19. The van der Waals surface area contributed by atoms with Gasteiger partial charge in [0.15, 0.2) is 24.8 Å². The van der Waals surface area contributed by atoms with Crippen molar-refractivity contribution in [1.82, 2.24) is 30.3 Å². The number of carboxylic acids is 1. The second-order valence-electron chi connectivity index (χ2n) is 35.3. The first-order valence-corrected chi connectivity index (χ1v) is 50.7. The minimum Gasteiger partial charge on any atom is -0.497 e. The van der Waals surface area contributed by atoms with Crippen LogP contribution in [0, 0.1) is 27.7 Å². The summed E-state index contributed by atoms with van der Waals surface area (Å²) in [7, 11) is 7.38. The first kappa shape index (κ1) is 105. The van der Waals surface area contributed by atoms with Crippen LogP contribution in [-0.2, 0) is 42.2 Å². The topological polar surface area (TPSA) is 381 Å². The average molecular weight is 2060 g/mol. The van der Waals surface area contributed by atoms with Crippen LogP contribution in [-0.4, -0.2) is 205 Å². The standard InChI is InChI=1S/C30H18N2O8.C22H23NO6S.C19H17NO2S2.C18H15N3OS.C11H18N3O.C10H15N2O3/c1-39-19-7-3-17(4-8-19)32-27(34)23-13-11-21(15-25(23)29(32)36)40-20-9-5-18(6-10-20)31-26(33)22-12-2-16(30(37)38)14-24(22)28(31)35;1-3-27-22(24)18-13(2)29-21-16-7-5-4-6-15(16)20-17(19(18)21)10-23(12-28-20)14-8-9-30(25,26)11-14;1-14-6-10-18(11-7-14)24(21,22)13-20-19(23)17-9-8-15-4-2-3-5-16(15)12-17;22-17-16(10-12-11-19-15-9-5-4-8-14(12)15)20-18(23)21(17)13-6-2-1-3-7-13;1-9-8-10(12(2)3)6-7-14(9)11(15)13(4)5;1-8-7-9(14-4)5-6-12(8)15-10(13)11(2)3/h2-15H,1H3,(H,37,38);4-7,14H,3,8-12H2,1-2H3;2-12H,13H2,1H3,(H,20,23);1-9,11,16,19H,10H2,(H,20,23);6-8H,1-5H3;5-7H,1-4H3/q;;;;2*+1. The van der Waals surface area contributed by atoms with Crippen molar-refractivity contribution < 1.29 is 107 Å². The lowest BCUT2D eigenvalue weighted by atomic mass is 9.96. The summed E-state index contributed by atoms with van der Waals surface area (Å²) in [5.41, 5.74) is 10.7. The molecule has 0 spiro atoms. The number of aromatic amines is 1. The molecular formula is C110H106N12O21S4+2. The molecule has 33 nitrogen and oxygen atoms in total. The van der Waals surface area contributed by atoms with Crippen molar-refractivity contribution in [3.05, 3.63) is 346 Å². The van der Waals surface area contributed by atoms with E-state index in [0.29, 0.717) is 86.3 Å². The number of nitrogens with one attached hydrogen (secondary N) is 3. The van der Waals surface area contributed by atoms with Crippen molar-refractivity contribution in [2.75, 3.05) is 107 Å². The molecule has 15 aromatic rings. The van der Waals surface area contributed by atoms with Crippen molar-refractivity contribution in [2.45, 2.75) is 71.0 Å². The number of furan rings is 1. The highest BCUT2D eigenvalue weighted by Crippen LogP contribution is 2.46. The number of hydrogen-bond acceptors (Lipinski definition) is 24. The van der Waals surface area contributed by atoms with E-state index in [1.54, 1.807) is 155 Å². The number of carbonyl (C=O) groups is 9. The number of pyridine rings is 2. The summed E-state index contributed by atoms with van der Waals surface area (Å²) in [4.78, 5) is 131. The number of para-hydroxylation sites is 2. The number of hydrogen-bond donors (Lipinski definition) is 4. The lowest BCUT2D eigenvalue weighted by molar-refractivity contribution is -0.873. The number of sulfone groups is 2. The fraction of sp³-hybridized carbons (Fsp3) is 0.209. The summed E-state index contributed by atoms with van der Waals surface area (Å²) in [5.74, 6) is -0.414. The Balaban J connectivity index is 0.000000137. The van der Waals surface area contributed by atoms with Crippen LogP contribution in [0.2, 0.25) is 0 Å². The number of thiocarbonyl (C=S) groups is 2. The van der Waals surface area contributed by atoms with Gasteiger partial charge in [-0.3, -0.25) is 33.8 Å². The third-order valence-electron chi connectivity index (χ3n) is 24.7. The molecule has 2 fully saturated rings. The van der Waals surface area contributed by atoms with E-state index in [0.717, 1.165) is 98.8 Å². The molecule has 2 atom stereocenters. The molecule has 0 aliphatic carbocycles. The number of ether oxygens (including phenoxy) is 5. The molecule has 4 N–H and O–H groups in total. The zero-order valence-electron chi connectivity index (χ0n) is 82.6. The molecule has 5 aliphatic rings. The van der Waals surface area contributed by atoms with Crippen LogP contribution in [0.3, 0.4) is 0 Å². The van der Waals surface area contributed by atoms with Gasteiger partial charge >= 0.3 is 24.1 Å². The smallest absolute Gasteiger partial charge is 0.497 e. The summed E-state index contributed by atoms with van der Waals surface area (Å²) in [6, 6.07) is 74.0. The number of nitrogens with zero attached hydrogens (tertiary/aromatic N) is 9. The predicted octanol–water partition coefficient (Wildman–Crippen LogP) is 16.3. The Morgan fingerprint density at radius 3 is 1.80 bits per heavy atom. The molecule has 0 bridgehead atoms. The third kappa shape index (κ3) is 23.4. The number of carbonyl (C=O) groups excluding carboxylic acids is 8. The van der Waals surface area contributed by atoms with Crippen molar-refractivity contribution >= 4 is 174 Å². The van der Waals surface area contributed by atoms with Crippen molar-refractivity contribution in [1.29, 1.82) is 0 Å². The Hall–Kier alpha value is -16.6. The number of amides is 7. The maximum Gasteiger partial charge on any atom is 0.497 e. The van der Waals surface area contributed by atoms with Crippen LogP contribution in [0.5, 0.6) is 28.7 Å². The highest BCUT2D eigenvalue weighted by Gasteiger charge is 2.42. The van der Waals surface area contributed by atoms with E-state index < -0.39 is 61.3 Å². The van der Waals surface area contributed by atoms with E-state index in [4.69, 9.17) is 57.4 Å². The Bertz CT molecular complexity index is 7920. The second-order valence-corrected chi connectivity index (χ2v) is 40.3. The number of aromatic carboxylic acids is 1. The third-order valence-corrected chi connectivity index (χ3v) is 28.6. The minimum atomic E-state index is -3.42. The summed E-state index contributed by atoms with van der Waals surface area (Å²) >= 11 is 10.7. The van der Waals surface area contributed by atoms with Gasteiger partial charge in [-0.15, -0.1) is 0 Å². The molecule has 20 rings (SSSR count). The molecule has 7 amide bonds. The summed E-state index contributed by atoms with van der Waals surface area (Å²) in [5, 5.41) is 21.5. The lowest BCUT2D eigenvalue weighted by Gasteiger charge is -2.34. The first-order valence-electron chi connectivity index (χ1n) is 46.4. The molecular weight excluding hydrogens is 1950 g/mol. The Kier molecular flexibility index (Phi) is 32.1. The highest BCUT2D eigenvalue weighted by atomic mass is 32.2. The van der Waals surface area contributed by atoms with Crippen LogP contribution in [0.1, 0.15) is 115 Å². The summed E-state index contributed by atoms with van der Waals surface area (Å²) in [6.45, 7) is 10.3. The molecule has 0 saturated carbocycles. The first-order chi connectivity index (χ1) is 70.3. The molecule has 2 unspecified atom stereocenters. The van der Waals surface area contributed by atoms with Gasteiger partial charge in [-0.25, -0.2) is 45.9 Å². The van der Waals surface area contributed by atoms with Crippen LogP contribution in [0.4, 0.5) is 32.3 Å². The maximum atomic E-state index is 13.1. The molecule has 754 valence electrons. The fourth-order valence-electron chi connectivity index (χ4n) is 17.0. The van der Waals surface area contributed by atoms with E-state index in [1.165, 1.54) is 59.2 Å². The van der Waals surface area contributed by atoms with Gasteiger partial charge in [-0.05, 0) is 184 Å². The van der Waals surface area contributed by atoms with Crippen LogP contribution >= 0.6 is 24.4 Å². The lowest BCUT2D eigenvalue weighted by Crippen LogP contribution is -2.51. The van der Waals surface area contributed by atoms with Gasteiger partial charge in [0.25, 0.3) is 29.5 Å². The quantitative estimate of drug-likeness (QED) is 0.0253. The number of aryl methyl sites for hydroxylation is 4. The molecule has 11 aromatic carbocycles. The number of aromatic nitrogens is 3. The second kappa shape index (κ2) is 45.1. The Morgan fingerprint density at radius 1 is 0.599 bits per heavy atom. The molecule has 0 radical (unpaired) electrons. The van der Waals surface area contributed by atoms with Gasteiger partial charge in [0.05, 0.1) is 102 Å². The maximum absolute atomic E-state index is 13.1. The summed E-state index contributed by atoms with van der Waals surface area (Å²) < 4.78 is 85.3. The highest BCUT2D eigenvalue weighted by molar-refractivity contribution is 7.92. The number of anilines is 4. The van der Waals surface area contributed by atoms with Gasteiger partial charge < -0.3 is 58.6 Å². The van der Waals surface area contributed by atoms with E-state index in [2.05, 4.69) is 21.7 Å². The molecule has 4 aromatic heterocycles. The van der Waals surface area contributed by atoms with E-state index in [-0.39, 0.29) is 81.5 Å². The normalized spacial score (nSPS) is 14.7. The minimum absolute atomic E-state index is 0.00789. The molecule has 147 heavy (non-hydrogen) atoms. The van der Waals surface area contributed by atoms with Crippen LogP contribution < -0.4 is 63.3 Å². The van der Waals surface area contributed by atoms with Gasteiger partial charge in [0, 0.05) is 127 Å². The number of imide groups is 2. The van der Waals surface area contributed by atoms with Gasteiger partial charge in [-0.2, -0.15) is 14.2 Å². The number of methoxy groups -OCH3 is 2. The zero-order chi connectivity index (χ0) is 105. The number of esters is 1. The van der Waals surface area contributed by atoms with E-state index in [1.807, 2.05) is 178 Å². The fourth-order valence-corrected chi connectivity index (χ4v) is 20.4. The van der Waals surface area contributed by atoms with Crippen molar-refractivity contribution in [2.24, 2.45) is 0 Å². The predicted molar refractivity (Wildman–Crippen MR) is 565 cm³/mol. The van der Waals surface area contributed by atoms with Crippen molar-refractivity contribution in [3.63, 3.8) is 0 Å². The van der Waals surface area contributed by atoms with E-state index in [9.17, 15) is 65.1 Å². The van der Waals surface area contributed by atoms with Crippen LogP contribution in [0.15, 0.2) is 283 Å². The summed E-state index contributed by atoms with van der Waals surface area (Å²) in [6.07, 6.45) is 6.17. The van der Waals surface area contributed by atoms with Gasteiger partial charge in [0.1, 0.15) is 81.2 Å². The largest absolute Gasteiger partial charge is 0.497 e. The Labute approximate surface area is 858 Å². The molecule has 37 heteroatoms. The van der Waals surface area contributed by atoms with E-state index >= 15 is 0 Å². The van der Waals surface area contributed by atoms with Gasteiger partial charge in [0.2, 0.25) is 11.9 Å². The molecule has 5 aliphatic heterocycles. The van der Waals surface area contributed by atoms with Crippen molar-refractivity contribution in [3.8, 4) is 28.7 Å². The average Bonchev–Trinajstić information content (AvgIpc) is 1.59. The Morgan fingerprint density at radius 2 is 1.19 bits per heavy atom. The number of H-pyrrole nitrogens is 1. The number of carboxylic acid groups (broad SMARTS) is 1. The SMILES string of the molecule is CCOC(=O)c1c(C)oc2c1c1c(c3ccccc32)OCN(C2CCS(=O)(=O)C2)C1.COc1cc[n+](OC(=O)N(C)C)c(C)c1.COc1ccc(N2C(=O)c3ccc(Oc4ccc(N5C(=O)c6ccc(C(=O)O)cc6C5=O)cc4)cc3C2=O)cc1.Cc1cc(N(C)C)cc[n+]1C(=O)N(C)C.Cc1ccc(S(=O)(=O)CNC(=S)c2ccc3ccccc3c2)cc1.O=C1C(Cc2c[nH]c3ccccc23)NC(=S)N1c1ccccc1. The molecule has 2 saturated heterocycles. The van der Waals surface area contributed by atoms with Crippen LogP contribution in [0.25, 0.3) is 43.4 Å².